The zero-order chi connectivity index (χ0) is 14.8. The first-order valence-electron chi connectivity index (χ1n) is 6.75. The molecule has 1 amide bonds. The molecule has 2 aliphatic heterocycles. The highest BCUT2D eigenvalue weighted by Crippen LogP contribution is 2.25. The number of carbonyl (C=O) groups is 1. The molecule has 0 aromatic rings. The molecule has 0 aliphatic carbocycles. The van der Waals surface area contributed by atoms with E-state index in [2.05, 4.69) is 0 Å². The summed E-state index contributed by atoms with van der Waals surface area (Å²) in [5, 5.41) is 9.14. The number of nitrogens with zero attached hydrogens (tertiary/aromatic N) is 2. The van der Waals surface area contributed by atoms with Crippen LogP contribution in [0.25, 0.3) is 0 Å². The highest BCUT2D eigenvalue weighted by molar-refractivity contribution is 5.82. The van der Waals surface area contributed by atoms with Crippen LogP contribution in [0.15, 0.2) is 0 Å². The van der Waals surface area contributed by atoms with Gasteiger partial charge in [-0.05, 0) is 19.4 Å². The number of halogens is 3. The van der Waals surface area contributed by atoms with Crippen molar-refractivity contribution in [2.24, 2.45) is 0 Å². The van der Waals surface area contributed by atoms with Gasteiger partial charge in [-0.25, -0.2) is 0 Å². The maximum absolute atomic E-state index is 12.4. The van der Waals surface area contributed by atoms with Crippen molar-refractivity contribution >= 4 is 5.91 Å². The van der Waals surface area contributed by atoms with E-state index in [4.69, 9.17) is 9.84 Å². The Morgan fingerprint density at radius 3 is 2.55 bits per heavy atom. The molecule has 5 nitrogen and oxygen atoms in total. The Morgan fingerprint density at radius 2 is 1.95 bits per heavy atom. The number of morpholine rings is 1. The Labute approximate surface area is 115 Å². The Kier molecular flexibility index (Phi) is 4.87. The third-order valence-electron chi connectivity index (χ3n) is 3.76. The maximum Gasteiger partial charge on any atom is 0.415 e. The predicted octanol–water partition coefficient (Wildman–Crippen LogP) is 0.233. The fourth-order valence-corrected chi connectivity index (χ4v) is 2.64. The Hall–Kier alpha value is -0.860. The standard InChI is InChI=1S/C12H19F3N2O3/c13-12(14,15)10(18)8-17-3-1-2-9(17)11(19)16-4-6-20-7-5-16/h9-10,18H,1-8H2/t9-,10+/m0/s1. The first kappa shape index (κ1) is 15.5. The number of rotatable bonds is 3. The largest absolute Gasteiger partial charge is 0.415 e. The molecule has 2 aliphatic rings. The fourth-order valence-electron chi connectivity index (χ4n) is 2.64. The molecule has 0 aromatic heterocycles. The number of hydrogen-bond donors (Lipinski definition) is 1. The number of amides is 1. The number of hydrogen-bond acceptors (Lipinski definition) is 4. The van der Waals surface area contributed by atoms with Crippen molar-refractivity contribution in [2.45, 2.75) is 31.2 Å². The molecule has 0 bridgehead atoms. The van der Waals surface area contributed by atoms with Gasteiger partial charge in [-0.3, -0.25) is 9.69 Å². The van der Waals surface area contributed by atoms with Crippen LogP contribution in [0.3, 0.4) is 0 Å². The summed E-state index contributed by atoms with van der Waals surface area (Å²) in [5.41, 5.74) is 0. The Bertz CT molecular complexity index is 345. The summed E-state index contributed by atoms with van der Waals surface area (Å²) in [7, 11) is 0. The van der Waals surface area contributed by atoms with Crippen LogP contribution in [-0.2, 0) is 9.53 Å². The lowest BCUT2D eigenvalue weighted by molar-refractivity contribution is -0.209. The van der Waals surface area contributed by atoms with Crippen molar-refractivity contribution < 1.29 is 27.8 Å². The van der Waals surface area contributed by atoms with Gasteiger partial charge in [-0.1, -0.05) is 0 Å². The van der Waals surface area contributed by atoms with Crippen LogP contribution in [0, 0.1) is 0 Å². The summed E-state index contributed by atoms with van der Waals surface area (Å²) in [4.78, 5) is 15.4. The van der Waals surface area contributed by atoms with Crippen LogP contribution in [0.5, 0.6) is 0 Å². The summed E-state index contributed by atoms with van der Waals surface area (Å²) in [5.74, 6) is -0.153. The normalized spacial score (nSPS) is 26.8. The monoisotopic (exact) mass is 296 g/mol. The van der Waals surface area contributed by atoms with Gasteiger partial charge in [-0.15, -0.1) is 0 Å². The number of aliphatic hydroxyl groups excluding tert-OH is 1. The SMILES string of the molecule is O=C([C@@H]1CCCN1C[C@@H](O)C(F)(F)F)N1CCOCC1. The van der Waals surface area contributed by atoms with Crippen molar-refractivity contribution in [3.63, 3.8) is 0 Å². The minimum atomic E-state index is -4.64. The fraction of sp³-hybridized carbons (Fsp3) is 0.917. The van der Waals surface area contributed by atoms with Crippen LogP contribution < -0.4 is 0 Å². The van der Waals surface area contributed by atoms with E-state index in [1.165, 1.54) is 4.90 Å². The third-order valence-corrected chi connectivity index (χ3v) is 3.76. The lowest BCUT2D eigenvalue weighted by Crippen LogP contribution is -2.52. The van der Waals surface area contributed by atoms with E-state index in [1.807, 2.05) is 0 Å². The lowest BCUT2D eigenvalue weighted by Gasteiger charge is -2.33. The molecule has 20 heavy (non-hydrogen) atoms. The maximum atomic E-state index is 12.4. The lowest BCUT2D eigenvalue weighted by atomic mass is 10.1. The van der Waals surface area contributed by atoms with Gasteiger partial charge in [0, 0.05) is 19.6 Å². The number of alkyl halides is 3. The molecule has 0 radical (unpaired) electrons. The zero-order valence-corrected chi connectivity index (χ0v) is 11.1. The van der Waals surface area contributed by atoms with Gasteiger partial charge >= 0.3 is 6.18 Å². The molecule has 8 heteroatoms. The number of aliphatic hydroxyl groups is 1. The van der Waals surface area contributed by atoms with Gasteiger partial charge in [0.05, 0.1) is 19.3 Å². The van der Waals surface area contributed by atoms with Gasteiger partial charge in [-0.2, -0.15) is 13.2 Å². The van der Waals surface area contributed by atoms with Crippen molar-refractivity contribution in [1.82, 2.24) is 9.80 Å². The summed E-state index contributed by atoms with van der Waals surface area (Å²) in [6.45, 7) is 1.75. The van der Waals surface area contributed by atoms with Crippen LogP contribution in [-0.4, -0.2) is 78.5 Å². The van der Waals surface area contributed by atoms with Crippen LogP contribution in [0.1, 0.15) is 12.8 Å². The van der Waals surface area contributed by atoms with Gasteiger partial charge in [0.25, 0.3) is 0 Å². The van der Waals surface area contributed by atoms with Crippen LogP contribution in [0.4, 0.5) is 13.2 Å². The molecule has 2 atom stereocenters. The molecule has 116 valence electrons. The average molecular weight is 296 g/mol. The zero-order valence-electron chi connectivity index (χ0n) is 11.1. The van der Waals surface area contributed by atoms with E-state index in [0.29, 0.717) is 45.7 Å². The quantitative estimate of drug-likeness (QED) is 0.810. The molecule has 2 rings (SSSR count). The van der Waals surface area contributed by atoms with Gasteiger partial charge in [0.15, 0.2) is 6.10 Å². The molecular formula is C12H19F3N2O3. The summed E-state index contributed by atoms with van der Waals surface area (Å²) >= 11 is 0. The minimum absolute atomic E-state index is 0.153. The number of β-amino-alcohol motifs (C(OH)–C–C–N with tert-alkyl or cyclic N) is 1. The molecule has 0 aromatic carbocycles. The topological polar surface area (TPSA) is 53.0 Å². The van der Waals surface area contributed by atoms with Crippen LogP contribution in [0.2, 0.25) is 0 Å². The molecule has 2 heterocycles. The molecule has 2 saturated heterocycles. The summed E-state index contributed by atoms with van der Waals surface area (Å²) in [6.07, 6.45) is -5.83. The highest BCUT2D eigenvalue weighted by Gasteiger charge is 2.42. The van der Waals surface area contributed by atoms with Crippen molar-refractivity contribution in [3.8, 4) is 0 Å². The van der Waals surface area contributed by atoms with Gasteiger partial charge in [0.1, 0.15) is 0 Å². The molecule has 0 spiro atoms. The second-order valence-electron chi connectivity index (χ2n) is 5.15. The van der Waals surface area contributed by atoms with E-state index in [9.17, 15) is 18.0 Å². The van der Waals surface area contributed by atoms with E-state index in [1.54, 1.807) is 4.90 Å². The smallest absolute Gasteiger partial charge is 0.382 e. The first-order valence-corrected chi connectivity index (χ1v) is 6.75. The third kappa shape index (κ3) is 3.62. The van der Waals surface area contributed by atoms with Crippen molar-refractivity contribution in [2.75, 3.05) is 39.4 Å². The van der Waals surface area contributed by atoms with E-state index in [0.717, 1.165) is 0 Å². The molecule has 2 fully saturated rings. The molecule has 0 unspecified atom stereocenters. The first-order chi connectivity index (χ1) is 9.39. The van der Waals surface area contributed by atoms with Crippen LogP contribution >= 0.6 is 0 Å². The Morgan fingerprint density at radius 1 is 1.30 bits per heavy atom. The number of carbonyl (C=O) groups excluding carboxylic acids is 1. The minimum Gasteiger partial charge on any atom is -0.382 e. The number of ether oxygens (including phenoxy) is 1. The molecule has 0 saturated carbocycles. The predicted molar refractivity (Wildman–Crippen MR) is 64.1 cm³/mol. The van der Waals surface area contributed by atoms with E-state index >= 15 is 0 Å². The summed E-state index contributed by atoms with van der Waals surface area (Å²) in [6, 6.07) is -0.551. The van der Waals surface area contributed by atoms with E-state index in [-0.39, 0.29) is 5.91 Å². The second-order valence-corrected chi connectivity index (χ2v) is 5.15. The summed E-state index contributed by atoms with van der Waals surface area (Å²) < 4.78 is 42.3. The second kappa shape index (κ2) is 6.28. The molecule has 1 N–H and O–H groups in total. The van der Waals surface area contributed by atoms with Gasteiger partial charge < -0.3 is 14.7 Å². The van der Waals surface area contributed by atoms with Gasteiger partial charge in [0.2, 0.25) is 5.91 Å². The average Bonchev–Trinajstić information content (AvgIpc) is 2.86. The molecular weight excluding hydrogens is 277 g/mol. The number of likely N-dealkylation sites (tertiary alicyclic amines) is 1. The van der Waals surface area contributed by atoms with E-state index < -0.39 is 24.9 Å². The Balaban J connectivity index is 1.94. The highest BCUT2D eigenvalue weighted by atomic mass is 19.4. The van der Waals surface area contributed by atoms with Crippen molar-refractivity contribution in [3.05, 3.63) is 0 Å². The van der Waals surface area contributed by atoms with Crippen molar-refractivity contribution in [1.29, 1.82) is 0 Å².